The third-order valence-electron chi connectivity index (χ3n) is 5.37. The lowest BCUT2D eigenvalue weighted by atomic mass is 10.1. The van der Waals surface area contributed by atoms with Crippen LogP contribution in [0.5, 0.6) is 11.5 Å². The zero-order valence-corrected chi connectivity index (χ0v) is 17.9. The SMILES string of the molecule is COc1cc(C(=O)NCCCN2CCN(c3ccccc3)CC2)c([N+](=O)[O-])cc1OC. The predicted molar refractivity (Wildman–Crippen MR) is 118 cm³/mol. The summed E-state index contributed by atoms with van der Waals surface area (Å²) in [6, 6.07) is 12.9. The summed E-state index contributed by atoms with van der Waals surface area (Å²) in [6.45, 7) is 5.15. The summed E-state index contributed by atoms with van der Waals surface area (Å²) >= 11 is 0. The Hall–Kier alpha value is -3.33. The van der Waals surface area contributed by atoms with E-state index in [1.165, 1.54) is 32.0 Å². The fraction of sp³-hybridized carbons (Fsp3) is 0.409. The zero-order chi connectivity index (χ0) is 22.2. The van der Waals surface area contributed by atoms with E-state index >= 15 is 0 Å². The third kappa shape index (κ3) is 5.64. The summed E-state index contributed by atoms with van der Waals surface area (Å²) in [5.41, 5.74) is 0.886. The van der Waals surface area contributed by atoms with Gasteiger partial charge in [-0.2, -0.15) is 0 Å². The number of ether oxygens (including phenoxy) is 2. The van der Waals surface area contributed by atoms with Gasteiger partial charge in [0, 0.05) is 44.5 Å². The first-order chi connectivity index (χ1) is 15.0. The molecule has 1 aliphatic heterocycles. The van der Waals surface area contributed by atoms with Crippen molar-refractivity contribution in [2.75, 3.05) is 58.4 Å². The second-order valence-corrected chi connectivity index (χ2v) is 7.26. The molecule has 0 radical (unpaired) electrons. The third-order valence-corrected chi connectivity index (χ3v) is 5.37. The van der Waals surface area contributed by atoms with Crippen LogP contribution in [0, 0.1) is 10.1 Å². The molecule has 2 aromatic carbocycles. The standard InChI is InChI=1S/C22H28N4O5/c1-30-20-15-18(19(26(28)29)16-21(20)31-2)22(27)23-9-6-10-24-11-13-25(14-12-24)17-7-4-3-5-8-17/h3-5,7-8,15-16H,6,9-14H2,1-2H3,(H,23,27). The van der Waals surface area contributed by atoms with Crippen molar-refractivity contribution in [3.8, 4) is 11.5 Å². The minimum atomic E-state index is -0.594. The van der Waals surface area contributed by atoms with Crippen LogP contribution in [0.25, 0.3) is 0 Å². The number of hydrogen-bond acceptors (Lipinski definition) is 7. The first kappa shape index (κ1) is 22.4. The molecule has 1 aliphatic rings. The number of carbonyl (C=O) groups excluding carboxylic acids is 1. The van der Waals surface area contributed by atoms with Crippen LogP contribution < -0.4 is 19.7 Å². The van der Waals surface area contributed by atoms with Crippen LogP contribution in [0.2, 0.25) is 0 Å². The molecule has 2 aromatic rings. The highest BCUT2D eigenvalue weighted by molar-refractivity contribution is 5.99. The molecule has 166 valence electrons. The Morgan fingerprint density at radius 1 is 1.06 bits per heavy atom. The normalized spacial score (nSPS) is 14.2. The molecule has 1 heterocycles. The molecule has 0 aliphatic carbocycles. The number of anilines is 1. The summed E-state index contributed by atoms with van der Waals surface area (Å²) in [5.74, 6) is -0.0171. The summed E-state index contributed by atoms with van der Waals surface area (Å²) < 4.78 is 10.3. The van der Waals surface area contributed by atoms with Gasteiger partial charge in [0.1, 0.15) is 5.56 Å². The van der Waals surface area contributed by atoms with Gasteiger partial charge in [-0.3, -0.25) is 19.8 Å². The molecule has 0 aromatic heterocycles. The summed E-state index contributed by atoms with van der Waals surface area (Å²) in [4.78, 5) is 28.1. The predicted octanol–water partition coefficient (Wildman–Crippen LogP) is 2.55. The first-order valence-electron chi connectivity index (χ1n) is 10.2. The van der Waals surface area contributed by atoms with Gasteiger partial charge in [0.25, 0.3) is 11.6 Å². The number of piperazine rings is 1. The quantitative estimate of drug-likeness (QED) is 0.372. The minimum absolute atomic E-state index is 0.0425. The summed E-state index contributed by atoms with van der Waals surface area (Å²) in [6.07, 6.45) is 0.762. The molecule has 1 N–H and O–H groups in total. The van der Waals surface area contributed by atoms with Crippen LogP contribution >= 0.6 is 0 Å². The van der Waals surface area contributed by atoms with Crippen LogP contribution in [-0.4, -0.2) is 69.2 Å². The van der Waals surface area contributed by atoms with Gasteiger partial charge in [0.2, 0.25) is 0 Å². The van der Waals surface area contributed by atoms with Crippen molar-refractivity contribution in [1.82, 2.24) is 10.2 Å². The second kappa shape index (κ2) is 10.6. The van der Waals surface area contributed by atoms with Gasteiger partial charge >= 0.3 is 0 Å². The maximum atomic E-state index is 12.6. The Morgan fingerprint density at radius 2 is 1.71 bits per heavy atom. The average Bonchev–Trinajstić information content (AvgIpc) is 2.81. The number of hydrogen-bond donors (Lipinski definition) is 1. The van der Waals surface area contributed by atoms with E-state index in [0.29, 0.717) is 6.54 Å². The number of nitro benzene ring substituents is 1. The molecule has 9 heteroatoms. The number of amides is 1. The molecular weight excluding hydrogens is 400 g/mol. The van der Waals surface area contributed by atoms with E-state index < -0.39 is 10.8 Å². The highest BCUT2D eigenvalue weighted by Crippen LogP contribution is 2.34. The maximum absolute atomic E-state index is 12.6. The van der Waals surface area contributed by atoms with Gasteiger partial charge in [-0.1, -0.05) is 18.2 Å². The summed E-state index contributed by atoms with van der Waals surface area (Å²) in [7, 11) is 2.81. The van der Waals surface area contributed by atoms with Crippen LogP contribution in [0.3, 0.4) is 0 Å². The molecule has 31 heavy (non-hydrogen) atoms. The number of nitrogens with one attached hydrogen (secondary N) is 1. The molecule has 0 atom stereocenters. The van der Waals surface area contributed by atoms with Crippen molar-refractivity contribution in [2.45, 2.75) is 6.42 Å². The van der Waals surface area contributed by atoms with Crippen molar-refractivity contribution in [2.24, 2.45) is 0 Å². The lowest BCUT2D eigenvalue weighted by Gasteiger charge is -2.36. The first-order valence-corrected chi connectivity index (χ1v) is 10.2. The maximum Gasteiger partial charge on any atom is 0.286 e. The number of nitro groups is 1. The minimum Gasteiger partial charge on any atom is -0.493 e. The lowest BCUT2D eigenvalue weighted by Crippen LogP contribution is -2.47. The van der Waals surface area contributed by atoms with Crippen molar-refractivity contribution < 1.29 is 19.2 Å². The molecule has 1 saturated heterocycles. The number of rotatable bonds is 9. The molecule has 0 bridgehead atoms. The number of nitrogens with zero attached hydrogens (tertiary/aromatic N) is 3. The molecule has 0 spiro atoms. The number of carbonyl (C=O) groups is 1. The van der Waals surface area contributed by atoms with Crippen molar-refractivity contribution in [3.63, 3.8) is 0 Å². The van der Waals surface area contributed by atoms with Crippen LogP contribution in [0.1, 0.15) is 16.8 Å². The van der Waals surface area contributed by atoms with Gasteiger partial charge in [-0.15, -0.1) is 0 Å². The van der Waals surface area contributed by atoms with E-state index in [9.17, 15) is 14.9 Å². The van der Waals surface area contributed by atoms with Gasteiger partial charge in [-0.05, 0) is 25.1 Å². The average molecular weight is 428 g/mol. The Bertz CT molecular complexity index is 898. The Kier molecular flexibility index (Phi) is 7.66. The molecular formula is C22H28N4O5. The fourth-order valence-corrected chi connectivity index (χ4v) is 3.67. The van der Waals surface area contributed by atoms with E-state index in [-0.39, 0.29) is 22.7 Å². The van der Waals surface area contributed by atoms with E-state index in [0.717, 1.165) is 39.1 Å². The number of benzene rings is 2. The van der Waals surface area contributed by atoms with Gasteiger partial charge < -0.3 is 19.7 Å². The van der Waals surface area contributed by atoms with Crippen LogP contribution in [-0.2, 0) is 0 Å². The summed E-state index contributed by atoms with van der Waals surface area (Å²) in [5, 5.41) is 14.2. The van der Waals surface area contributed by atoms with Gasteiger partial charge in [0.05, 0.1) is 25.2 Å². The molecule has 3 rings (SSSR count). The lowest BCUT2D eigenvalue weighted by molar-refractivity contribution is -0.385. The van der Waals surface area contributed by atoms with E-state index in [1.54, 1.807) is 0 Å². The van der Waals surface area contributed by atoms with Gasteiger partial charge in [0.15, 0.2) is 11.5 Å². The highest BCUT2D eigenvalue weighted by Gasteiger charge is 2.24. The Morgan fingerprint density at radius 3 is 2.32 bits per heavy atom. The van der Waals surface area contributed by atoms with E-state index in [2.05, 4.69) is 27.2 Å². The van der Waals surface area contributed by atoms with E-state index in [1.807, 2.05) is 18.2 Å². The van der Waals surface area contributed by atoms with Crippen LogP contribution in [0.4, 0.5) is 11.4 Å². The molecule has 0 saturated carbocycles. The fourth-order valence-electron chi connectivity index (χ4n) is 3.67. The zero-order valence-electron chi connectivity index (χ0n) is 17.9. The number of methoxy groups -OCH3 is 2. The molecule has 0 unspecified atom stereocenters. The largest absolute Gasteiger partial charge is 0.493 e. The Labute approximate surface area is 181 Å². The smallest absolute Gasteiger partial charge is 0.286 e. The van der Waals surface area contributed by atoms with Crippen molar-refractivity contribution >= 4 is 17.3 Å². The van der Waals surface area contributed by atoms with Gasteiger partial charge in [-0.25, -0.2) is 0 Å². The molecule has 1 fully saturated rings. The van der Waals surface area contributed by atoms with Crippen LogP contribution in [0.15, 0.2) is 42.5 Å². The van der Waals surface area contributed by atoms with Crippen molar-refractivity contribution in [3.05, 3.63) is 58.1 Å². The highest BCUT2D eigenvalue weighted by atomic mass is 16.6. The topological polar surface area (TPSA) is 97.2 Å². The second-order valence-electron chi connectivity index (χ2n) is 7.26. The number of para-hydroxylation sites is 1. The molecule has 1 amide bonds. The molecule has 9 nitrogen and oxygen atoms in total. The monoisotopic (exact) mass is 428 g/mol. The van der Waals surface area contributed by atoms with E-state index in [4.69, 9.17) is 9.47 Å². The Balaban J connectivity index is 1.48. The van der Waals surface area contributed by atoms with Crippen molar-refractivity contribution in [1.29, 1.82) is 0 Å².